The number of ether oxygens (including phenoxy) is 10. The Kier molecular flexibility index (Phi) is 29.8. The lowest BCUT2D eigenvalue weighted by atomic mass is 10.0. The minimum atomic E-state index is -4.18. The number of carbonyl (C=O) groups is 8. The summed E-state index contributed by atoms with van der Waals surface area (Å²) >= 11 is 0. The molecule has 1 aromatic heterocycles. The number of aromatic nitrogens is 3. The number of alkyl carbamates (subject to hydrolysis) is 4. The monoisotopic (exact) mass is 1070 g/mol. The van der Waals surface area contributed by atoms with Crippen LogP contribution in [0.25, 0.3) is 0 Å². The molecule has 0 radical (unpaired) electrons. The van der Waals surface area contributed by atoms with Crippen molar-refractivity contribution in [3.8, 4) is 6.01 Å². The smallest absolute Gasteiger partial charge is 0.407 e. The third kappa shape index (κ3) is 27.6. The van der Waals surface area contributed by atoms with Gasteiger partial charge >= 0.3 is 66.3 Å². The quantitative estimate of drug-likeness (QED) is 0.0244. The van der Waals surface area contributed by atoms with E-state index in [0.717, 1.165) is 31.2 Å². The van der Waals surface area contributed by atoms with Crippen LogP contribution in [0.1, 0.15) is 27.2 Å². The van der Waals surface area contributed by atoms with E-state index in [0.29, 0.717) is 13.8 Å². The highest BCUT2D eigenvalue weighted by molar-refractivity contribution is 5.82. The van der Waals surface area contributed by atoms with Crippen LogP contribution < -0.4 is 35.8 Å². The van der Waals surface area contributed by atoms with Gasteiger partial charge in [-0.1, -0.05) is 33.2 Å². The first-order valence-electron chi connectivity index (χ1n) is 22.2. The fourth-order valence-electron chi connectivity index (χ4n) is 4.81. The van der Waals surface area contributed by atoms with Gasteiger partial charge in [-0.25, -0.2) is 38.4 Å². The van der Waals surface area contributed by atoms with Gasteiger partial charge in [0.2, 0.25) is 11.9 Å². The van der Waals surface area contributed by atoms with E-state index in [1.807, 2.05) is 0 Å². The zero-order chi connectivity index (χ0) is 55.6. The fourth-order valence-corrected chi connectivity index (χ4v) is 4.81. The van der Waals surface area contributed by atoms with Gasteiger partial charge in [0, 0.05) is 30.7 Å². The Bertz CT molecular complexity index is 1850. The molecule has 0 unspecified atom stereocenters. The Morgan fingerprint density at radius 3 is 1.07 bits per heavy atom. The van der Waals surface area contributed by atoms with Crippen molar-refractivity contribution in [2.24, 2.45) is 0 Å². The number of halogens is 4. The van der Waals surface area contributed by atoms with E-state index in [-0.39, 0.29) is 78.8 Å². The van der Waals surface area contributed by atoms with Gasteiger partial charge in [0.15, 0.2) is 6.61 Å². The van der Waals surface area contributed by atoms with Gasteiger partial charge in [-0.15, -0.1) is 0 Å². The fraction of sp³-hybridized carbons (Fsp3) is 0.558. The van der Waals surface area contributed by atoms with Crippen molar-refractivity contribution in [3.05, 3.63) is 50.6 Å². The van der Waals surface area contributed by atoms with E-state index in [2.05, 4.69) is 67.3 Å². The molecule has 74 heavy (non-hydrogen) atoms. The number of esters is 4. The van der Waals surface area contributed by atoms with Gasteiger partial charge in [0.1, 0.15) is 58.5 Å². The van der Waals surface area contributed by atoms with Crippen molar-refractivity contribution < 1.29 is 103 Å². The summed E-state index contributed by atoms with van der Waals surface area (Å²) in [6.07, 6.45) is -5.27. The summed E-state index contributed by atoms with van der Waals surface area (Å²) in [6, 6.07) is -0.876. The number of carbonyl (C=O) groups excluding carboxylic acids is 8. The SMILES string of the molecule is C=CC(=O)OCCNC(=O)OCCN(CCOC(=O)NCCOC(=O)C=C)c1nc(OCC(F)(F)C(C)(C)OC(F)(F)CC)nc(N(CCOC(=O)NCCOC(=O)C=C)CCOC(=O)NCCOC(=O)C=C)n1. The number of anilines is 2. The van der Waals surface area contributed by atoms with Crippen molar-refractivity contribution in [2.45, 2.75) is 44.8 Å². The first-order valence-corrected chi connectivity index (χ1v) is 22.2. The van der Waals surface area contributed by atoms with Gasteiger partial charge in [0.05, 0.1) is 52.4 Å². The second-order valence-electron chi connectivity index (χ2n) is 14.5. The number of rotatable bonds is 37. The molecule has 27 nitrogen and oxygen atoms in total. The normalized spacial score (nSPS) is 11.0. The summed E-state index contributed by atoms with van der Waals surface area (Å²) in [5, 5.41) is 9.32. The predicted octanol–water partition coefficient (Wildman–Crippen LogP) is 2.12. The van der Waals surface area contributed by atoms with Crippen LogP contribution in [0.4, 0.5) is 48.6 Å². The Morgan fingerprint density at radius 1 is 0.500 bits per heavy atom. The van der Waals surface area contributed by atoms with E-state index in [9.17, 15) is 47.1 Å². The van der Waals surface area contributed by atoms with Crippen LogP contribution >= 0.6 is 0 Å². The molecule has 0 bridgehead atoms. The first kappa shape index (κ1) is 64.0. The largest absolute Gasteiger partial charge is 0.461 e. The molecule has 0 aliphatic carbocycles. The van der Waals surface area contributed by atoms with E-state index in [1.54, 1.807) is 0 Å². The molecule has 4 N–H and O–H groups in total. The van der Waals surface area contributed by atoms with Crippen molar-refractivity contribution >= 4 is 60.1 Å². The maximum absolute atomic E-state index is 15.7. The highest BCUT2D eigenvalue weighted by Crippen LogP contribution is 2.38. The van der Waals surface area contributed by atoms with Crippen molar-refractivity contribution in [1.29, 1.82) is 0 Å². The predicted molar refractivity (Wildman–Crippen MR) is 247 cm³/mol. The van der Waals surface area contributed by atoms with Crippen molar-refractivity contribution in [1.82, 2.24) is 36.2 Å². The average molecular weight is 1070 g/mol. The van der Waals surface area contributed by atoms with E-state index < -0.39 is 123 Å². The standard InChI is InChI=1S/C43H61F4N9O18/c1-8-30(57)65-21-13-48-37(61)69-25-17-55(18-26-70-38(62)49-14-22-66-31(58)9-2)34-52-35(54-36(53-34)73-29-42(44,45)41(6,7)74-43(46,47)12-5)56(19-27-71-39(63)50-15-23-67-32(59)10-3)20-28-72-40(64)51-16-24-68-33(60)11-4/h8-11H,1-4,12-29H2,5-7H3,(H,48,61)(H,49,62)(H,50,63)(H,51,64). The second kappa shape index (κ2) is 34.4. The maximum atomic E-state index is 15.7. The molecule has 414 valence electrons. The molecule has 0 aliphatic heterocycles. The van der Waals surface area contributed by atoms with E-state index in [4.69, 9.17) is 42.6 Å². The first-order chi connectivity index (χ1) is 35.0. The average Bonchev–Trinajstić information content (AvgIpc) is 3.36. The van der Waals surface area contributed by atoms with Crippen LogP contribution in [-0.4, -0.2) is 193 Å². The lowest BCUT2D eigenvalue weighted by Crippen LogP contribution is -2.52. The van der Waals surface area contributed by atoms with Gasteiger partial charge in [-0.05, 0) is 13.8 Å². The number of alkyl halides is 4. The van der Waals surface area contributed by atoms with Crippen LogP contribution in [0, 0.1) is 0 Å². The number of amides is 4. The Labute approximate surface area is 422 Å². The molecule has 0 aliphatic rings. The van der Waals surface area contributed by atoms with Crippen LogP contribution in [-0.2, 0) is 61.8 Å². The molecule has 1 rings (SSSR count). The Morgan fingerprint density at radius 2 is 0.797 bits per heavy atom. The number of nitrogens with zero attached hydrogens (tertiary/aromatic N) is 5. The van der Waals surface area contributed by atoms with Gasteiger partial charge in [0.25, 0.3) is 0 Å². The van der Waals surface area contributed by atoms with E-state index in [1.165, 1.54) is 9.80 Å². The zero-order valence-electron chi connectivity index (χ0n) is 41.0. The topological polar surface area (TPSA) is 322 Å². The summed E-state index contributed by atoms with van der Waals surface area (Å²) in [6.45, 7) is 8.70. The number of hydrogen-bond acceptors (Lipinski definition) is 23. The molecule has 1 aromatic rings. The van der Waals surface area contributed by atoms with Crippen LogP contribution in [0.3, 0.4) is 0 Å². The summed E-state index contributed by atoms with van der Waals surface area (Å²) < 4.78 is 110. The highest BCUT2D eigenvalue weighted by atomic mass is 19.3. The molecule has 0 aromatic carbocycles. The van der Waals surface area contributed by atoms with Crippen molar-refractivity contribution in [3.63, 3.8) is 0 Å². The molecular formula is C43H61F4N9O18. The molecular weight excluding hydrogens is 1010 g/mol. The summed E-state index contributed by atoms with van der Waals surface area (Å²) in [7, 11) is 0. The second-order valence-corrected chi connectivity index (χ2v) is 14.5. The molecule has 1 heterocycles. The molecule has 0 fully saturated rings. The molecule has 31 heteroatoms. The Balaban J connectivity index is 3.71. The molecule has 0 spiro atoms. The van der Waals surface area contributed by atoms with Crippen LogP contribution in [0.2, 0.25) is 0 Å². The van der Waals surface area contributed by atoms with E-state index >= 15 is 8.78 Å². The molecule has 4 amide bonds. The summed E-state index contributed by atoms with van der Waals surface area (Å²) in [5.74, 6) is -8.09. The van der Waals surface area contributed by atoms with Gasteiger partial charge in [-0.3, -0.25) is 0 Å². The number of hydrogen-bond donors (Lipinski definition) is 4. The highest BCUT2D eigenvalue weighted by Gasteiger charge is 2.53. The van der Waals surface area contributed by atoms with Crippen LogP contribution in [0.15, 0.2) is 50.6 Å². The lowest BCUT2D eigenvalue weighted by Gasteiger charge is -2.36. The zero-order valence-corrected chi connectivity index (χ0v) is 41.0. The molecule has 0 atom stereocenters. The third-order valence-electron chi connectivity index (χ3n) is 8.74. The Hall–Kier alpha value is -7.99. The minimum absolute atomic E-state index is 0.180. The van der Waals surface area contributed by atoms with Crippen molar-refractivity contribution in [2.75, 3.05) is 122 Å². The van der Waals surface area contributed by atoms with Gasteiger partial charge in [-0.2, -0.15) is 32.5 Å². The number of nitrogens with one attached hydrogen (secondary N) is 4. The third-order valence-corrected chi connectivity index (χ3v) is 8.74. The summed E-state index contributed by atoms with van der Waals surface area (Å²) in [5.41, 5.74) is -2.85. The lowest BCUT2D eigenvalue weighted by molar-refractivity contribution is -0.335. The molecule has 0 saturated heterocycles. The molecule has 0 saturated carbocycles. The van der Waals surface area contributed by atoms with Crippen LogP contribution in [0.5, 0.6) is 6.01 Å². The van der Waals surface area contributed by atoms with Gasteiger partial charge < -0.3 is 78.4 Å². The summed E-state index contributed by atoms with van der Waals surface area (Å²) in [4.78, 5) is 110. The minimum Gasteiger partial charge on any atom is -0.461 e. The maximum Gasteiger partial charge on any atom is 0.407 e.